The van der Waals surface area contributed by atoms with Crippen molar-refractivity contribution in [2.45, 2.75) is 6.92 Å². The minimum absolute atomic E-state index is 0.0164. The summed E-state index contributed by atoms with van der Waals surface area (Å²) in [5.41, 5.74) is 1.80. The number of nitrogens with zero attached hydrogens (tertiary/aromatic N) is 2. The molecule has 0 aliphatic carbocycles. The van der Waals surface area contributed by atoms with Crippen LogP contribution in [0.25, 0.3) is 11.4 Å². The molecule has 0 saturated heterocycles. The topological polar surface area (TPSA) is 95.3 Å². The van der Waals surface area contributed by atoms with Crippen molar-refractivity contribution in [3.8, 4) is 17.1 Å². The third kappa shape index (κ3) is 3.17. The Kier molecular flexibility index (Phi) is 4.11. The first kappa shape index (κ1) is 15.5. The fraction of sp³-hybridized carbons (Fsp3) is 0.0556. The van der Waals surface area contributed by atoms with Crippen LogP contribution in [0.2, 0.25) is 0 Å². The molecule has 1 aromatic heterocycles. The zero-order valence-electron chi connectivity index (χ0n) is 12.9. The van der Waals surface area contributed by atoms with Crippen LogP contribution < -0.4 is 5.32 Å². The number of hydrogen-bond acceptors (Lipinski definition) is 5. The number of anilines is 2. The number of aryl methyl sites for hydroxylation is 1. The van der Waals surface area contributed by atoms with E-state index in [0.717, 1.165) is 5.56 Å². The van der Waals surface area contributed by atoms with Crippen molar-refractivity contribution in [3.05, 3.63) is 65.9 Å². The van der Waals surface area contributed by atoms with Gasteiger partial charge in [0.2, 0.25) is 0 Å². The molecule has 6 heteroatoms. The highest BCUT2D eigenvalue weighted by Gasteiger charge is 2.18. The van der Waals surface area contributed by atoms with Gasteiger partial charge in [0, 0.05) is 11.3 Å². The van der Waals surface area contributed by atoms with E-state index in [-0.39, 0.29) is 17.1 Å². The number of benzene rings is 2. The number of phenolic OH excluding ortho intramolecular Hbond substituents is 1. The van der Waals surface area contributed by atoms with Crippen molar-refractivity contribution in [1.82, 2.24) is 9.97 Å². The van der Waals surface area contributed by atoms with Crippen LogP contribution >= 0.6 is 0 Å². The molecule has 0 radical (unpaired) electrons. The van der Waals surface area contributed by atoms with E-state index in [1.54, 1.807) is 19.1 Å². The van der Waals surface area contributed by atoms with Crippen LogP contribution in [-0.4, -0.2) is 26.2 Å². The SMILES string of the molecule is Cc1nc(-c2ccccc2)nc(Nc2ccc(O)cc2)c1C(=O)O. The first-order valence-electron chi connectivity index (χ1n) is 7.28. The number of carboxylic acid groups (broad SMARTS) is 1. The molecule has 0 fully saturated rings. The normalized spacial score (nSPS) is 10.4. The van der Waals surface area contributed by atoms with Gasteiger partial charge in [0.05, 0.1) is 5.69 Å². The van der Waals surface area contributed by atoms with Gasteiger partial charge >= 0.3 is 5.97 Å². The Balaban J connectivity index is 2.09. The second-order valence-electron chi connectivity index (χ2n) is 5.20. The minimum Gasteiger partial charge on any atom is -0.508 e. The van der Waals surface area contributed by atoms with Gasteiger partial charge in [-0.15, -0.1) is 0 Å². The lowest BCUT2D eigenvalue weighted by Crippen LogP contribution is -2.10. The summed E-state index contributed by atoms with van der Waals surface area (Å²) in [5, 5.41) is 21.8. The van der Waals surface area contributed by atoms with E-state index in [1.165, 1.54) is 12.1 Å². The second-order valence-corrected chi connectivity index (χ2v) is 5.20. The molecular formula is C18H15N3O3. The summed E-state index contributed by atoms with van der Waals surface area (Å²) in [4.78, 5) is 20.3. The number of aromatic nitrogens is 2. The van der Waals surface area contributed by atoms with Crippen LogP contribution in [0.5, 0.6) is 5.75 Å². The molecule has 1 heterocycles. The van der Waals surface area contributed by atoms with E-state index >= 15 is 0 Å². The molecule has 3 rings (SSSR count). The number of hydrogen-bond donors (Lipinski definition) is 3. The summed E-state index contributed by atoms with van der Waals surface area (Å²) in [7, 11) is 0. The second kappa shape index (κ2) is 6.37. The predicted octanol–water partition coefficient (Wildman–Crippen LogP) is 3.60. The average Bonchev–Trinajstić information content (AvgIpc) is 2.57. The van der Waals surface area contributed by atoms with Crippen LogP contribution in [-0.2, 0) is 0 Å². The number of nitrogens with one attached hydrogen (secondary N) is 1. The quantitative estimate of drug-likeness (QED) is 0.636. The lowest BCUT2D eigenvalue weighted by Gasteiger charge is -2.12. The van der Waals surface area contributed by atoms with Crippen molar-refractivity contribution in [2.24, 2.45) is 0 Å². The maximum absolute atomic E-state index is 11.6. The number of rotatable bonds is 4. The average molecular weight is 321 g/mol. The Morgan fingerprint density at radius 2 is 1.67 bits per heavy atom. The van der Waals surface area contributed by atoms with E-state index in [9.17, 15) is 15.0 Å². The monoisotopic (exact) mass is 321 g/mol. The summed E-state index contributed by atoms with van der Waals surface area (Å²) in [5.74, 6) is -0.324. The van der Waals surface area contributed by atoms with Crippen LogP contribution in [0.15, 0.2) is 54.6 Å². The molecule has 0 unspecified atom stereocenters. The van der Waals surface area contributed by atoms with Gasteiger partial charge in [-0.05, 0) is 31.2 Å². The van der Waals surface area contributed by atoms with E-state index < -0.39 is 5.97 Å². The van der Waals surface area contributed by atoms with Gasteiger partial charge in [0.1, 0.15) is 17.1 Å². The van der Waals surface area contributed by atoms with Gasteiger partial charge in [-0.2, -0.15) is 0 Å². The highest BCUT2D eigenvalue weighted by Crippen LogP contribution is 2.26. The van der Waals surface area contributed by atoms with Gasteiger partial charge < -0.3 is 15.5 Å². The molecule has 2 aromatic carbocycles. The molecule has 0 spiro atoms. The minimum atomic E-state index is -1.10. The van der Waals surface area contributed by atoms with E-state index in [1.807, 2.05) is 30.3 Å². The van der Waals surface area contributed by atoms with Crippen molar-refractivity contribution in [2.75, 3.05) is 5.32 Å². The van der Waals surface area contributed by atoms with Gasteiger partial charge in [-0.25, -0.2) is 14.8 Å². The van der Waals surface area contributed by atoms with Crippen molar-refractivity contribution < 1.29 is 15.0 Å². The molecule has 3 N–H and O–H groups in total. The van der Waals surface area contributed by atoms with Crippen molar-refractivity contribution in [3.63, 3.8) is 0 Å². The summed E-state index contributed by atoms with van der Waals surface area (Å²) in [6.45, 7) is 1.64. The first-order chi connectivity index (χ1) is 11.5. The summed E-state index contributed by atoms with van der Waals surface area (Å²) in [6, 6.07) is 15.6. The Hall–Kier alpha value is -3.41. The summed E-state index contributed by atoms with van der Waals surface area (Å²) >= 11 is 0. The fourth-order valence-corrected chi connectivity index (χ4v) is 2.32. The largest absolute Gasteiger partial charge is 0.508 e. The number of carbonyl (C=O) groups is 1. The molecule has 6 nitrogen and oxygen atoms in total. The Labute approximate surface area is 138 Å². The van der Waals surface area contributed by atoms with Crippen LogP contribution in [0, 0.1) is 6.92 Å². The zero-order chi connectivity index (χ0) is 17.1. The lowest BCUT2D eigenvalue weighted by atomic mass is 10.1. The molecule has 0 bridgehead atoms. The Bertz CT molecular complexity index is 878. The highest BCUT2D eigenvalue weighted by atomic mass is 16.4. The van der Waals surface area contributed by atoms with E-state index in [4.69, 9.17) is 0 Å². The third-order valence-electron chi connectivity index (χ3n) is 3.47. The third-order valence-corrected chi connectivity index (χ3v) is 3.47. The molecule has 0 aliphatic heterocycles. The predicted molar refractivity (Wildman–Crippen MR) is 90.6 cm³/mol. The fourth-order valence-electron chi connectivity index (χ4n) is 2.32. The van der Waals surface area contributed by atoms with E-state index in [0.29, 0.717) is 17.2 Å². The Morgan fingerprint density at radius 3 is 2.29 bits per heavy atom. The smallest absolute Gasteiger partial charge is 0.341 e. The zero-order valence-corrected chi connectivity index (χ0v) is 12.9. The number of aromatic hydroxyl groups is 1. The Morgan fingerprint density at radius 1 is 1.00 bits per heavy atom. The summed E-state index contributed by atoms with van der Waals surface area (Å²) < 4.78 is 0. The molecular weight excluding hydrogens is 306 g/mol. The number of phenols is 1. The van der Waals surface area contributed by atoms with Gasteiger partial charge in [0.15, 0.2) is 5.82 Å². The van der Waals surface area contributed by atoms with Crippen LogP contribution in [0.1, 0.15) is 16.1 Å². The molecule has 0 amide bonds. The lowest BCUT2D eigenvalue weighted by molar-refractivity contribution is 0.0696. The molecule has 0 saturated carbocycles. The van der Waals surface area contributed by atoms with Crippen LogP contribution in [0.3, 0.4) is 0 Å². The highest BCUT2D eigenvalue weighted by molar-refractivity contribution is 5.95. The van der Waals surface area contributed by atoms with Crippen molar-refractivity contribution >= 4 is 17.5 Å². The molecule has 24 heavy (non-hydrogen) atoms. The van der Waals surface area contributed by atoms with Gasteiger partial charge in [-0.1, -0.05) is 30.3 Å². The standard InChI is InChI=1S/C18H15N3O3/c1-11-15(18(23)24)17(20-13-7-9-14(22)10-8-13)21-16(19-11)12-5-3-2-4-6-12/h2-10,22H,1H3,(H,23,24)(H,19,20,21). The van der Waals surface area contributed by atoms with Crippen LogP contribution in [0.4, 0.5) is 11.5 Å². The summed E-state index contributed by atoms with van der Waals surface area (Å²) in [6.07, 6.45) is 0. The molecule has 0 aliphatic rings. The number of aromatic carboxylic acids is 1. The number of carboxylic acids is 1. The van der Waals surface area contributed by atoms with Gasteiger partial charge in [0.25, 0.3) is 0 Å². The van der Waals surface area contributed by atoms with E-state index in [2.05, 4.69) is 15.3 Å². The molecule has 0 atom stereocenters. The van der Waals surface area contributed by atoms with Crippen molar-refractivity contribution in [1.29, 1.82) is 0 Å². The molecule has 120 valence electrons. The van der Waals surface area contributed by atoms with Gasteiger partial charge in [-0.3, -0.25) is 0 Å². The maximum Gasteiger partial charge on any atom is 0.341 e. The maximum atomic E-state index is 11.6. The first-order valence-corrected chi connectivity index (χ1v) is 7.28. The molecule has 3 aromatic rings.